The van der Waals surface area contributed by atoms with Crippen molar-refractivity contribution in [1.82, 2.24) is 0 Å². The van der Waals surface area contributed by atoms with Gasteiger partial charge in [-0.25, -0.2) is 4.39 Å². The Balaban J connectivity index is 3.10. The monoisotopic (exact) mass is 198 g/mol. The van der Waals surface area contributed by atoms with Crippen LogP contribution in [0.15, 0.2) is 0 Å². The zero-order valence-corrected chi connectivity index (χ0v) is 5.13. The number of alkyl halides is 7. The highest BCUT2D eigenvalue weighted by molar-refractivity contribution is 4.99. The summed E-state index contributed by atoms with van der Waals surface area (Å²) in [4.78, 5) is 0. The van der Waals surface area contributed by atoms with E-state index in [4.69, 9.17) is 0 Å². The Morgan fingerprint density at radius 3 is 1.42 bits per heavy atom. The molecule has 8 heteroatoms. The second-order valence-corrected chi connectivity index (χ2v) is 2.15. The fraction of sp³-hybridized carbons (Fsp3) is 1.00. The average molecular weight is 198 g/mol. The van der Waals surface area contributed by atoms with Crippen molar-refractivity contribution in [2.45, 2.75) is 24.3 Å². The molecule has 0 saturated carbocycles. The third kappa shape index (κ3) is 0.838. The van der Waals surface area contributed by atoms with Crippen LogP contribution in [-0.2, 0) is 4.74 Å². The van der Waals surface area contributed by atoms with E-state index in [1.165, 1.54) is 0 Å². The van der Waals surface area contributed by atoms with E-state index in [1.807, 2.05) is 0 Å². The van der Waals surface area contributed by atoms with Gasteiger partial charge in [0.05, 0.1) is 0 Å². The lowest BCUT2D eigenvalue weighted by Crippen LogP contribution is -2.48. The fourth-order valence-electron chi connectivity index (χ4n) is 0.615. The van der Waals surface area contributed by atoms with Gasteiger partial charge in [-0.05, 0) is 0 Å². The van der Waals surface area contributed by atoms with Gasteiger partial charge in [0.15, 0.2) is 0 Å². The molecule has 0 N–H and O–H groups in total. The van der Waals surface area contributed by atoms with Crippen molar-refractivity contribution in [2.75, 3.05) is 0 Å². The molecule has 72 valence electrons. The van der Waals surface area contributed by atoms with Crippen molar-refractivity contribution >= 4 is 0 Å². The summed E-state index contributed by atoms with van der Waals surface area (Å²) in [7, 11) is 0. The maximum Gasteiger partial charge on any atom is 0.428 e. The molecule has 1 aliphatic rings. The van der Waals surface area contributed by atoms with Crippen LogP contribution in [-0.4, -0.2) is 24.3 Å². The molecule has 1 heterocycles. The zero-order valence-electron chi connectivity index (χ0n) is 5.13. The third-order valence-electron chi connectivity index (χ3n) is 1.32. The van der Waals surface area contributed by atoms with Crippen LogP contribution in [0.4, 0.5) is 30.7 Å². The molecule has 1 unspecified atom stereocenters. The smallest absolute Gasteiger partial charge is 0.274 e. The summed E-state index contributed by atoms with van der Waals surface area (Å²) in [6.45, 7) is 0. The van der Waals surface area contributed by atoms with Crippen LogP contribution in [0.1, 0.15) is 0 Å². The minimum Gasteiger partial charge on any atom is -0.274 e. The van der Waals surface area contributed by atoms with Crippen LogP contribution in [0.5, 0.6) is 0 Å². The van der Waals surface area contributed by atoms with Crippen LogP contribution in [0.2, 0.25) is 0 Å². The topological polar surface area (TPSA) is 9.23 Å². The van der Waals surface area contributed by atoms with E-state index in [9.17, 15) is 30.7 Å². The maximum atomic E-state index is 11.9. The summed E-state index contributed by atoms with van der Waals surface area (Å²) in [5.41, 5.74) is 0. The summed E-state index contributed by atoms with van der Waals surface area (Å²) in [6, 6.07) is 0. The number of ether oxygens (including phenoxy) is 1. The van der Waals surface area contributed by atoms with Gasteiger partial charge < -0.3 is 0 Å². The first-order valence-corrected chi connectivity index (χ1v) is 2.58. The summed E-state index contributed by atoms with van der Waals surface area (Å²) in [6.07, 6.45) is -9.45. The lowest BCUT2D eigenvalue weighted by Gasteiger charge is -2.19. The molecule has 1 rings (SSSR count). The summed E-state index contributed by atoms with van der Waals surface area (Å²) < 4.78 is 85.3. The number of hydrogen-bond donors (Lipinski definition) is 0. The first-order valence-electron chi connectivity index (χ1n) is 2.58. The van der Waals surface area contributed by atoms with Crippen molar-refractivity contribution in [2.24, 2.45) is 0 Å². The van der Waals surface area contributed by atoms with Crippen molar-refractivity contribution in [3.05, 3.63) is 0 Å². The highest BCUT2D eigenvalue weighted by Crippen LogP contribution is 2.55. The molecule has 0 aromatic heterocycles. The molecule has 1 saturated heterocycles. The molecule has 0 radical (unpaired) electrons. The average Bonchev–Trinajstić information content (AvgIpc) is 1.92. The molecule has 1 nitrogen and oxygen atoms in total. The van der Waals surface area contributed by atoms with Gasteiger partial charge in [-0.2, -0.15) is 26.3 Å². The molecule has 0 aromatic carbocycles. The van der Waals surface area contributed by atoms with Crippen LogP contribution in [0, 0.1) is 0 Å². The molecule has 12 heavy (non-hydrogen) atoms. The van der Waals surface area contributed by atoms with E-state index in [0.717, 1.165) is 0 Å². The lowest BCUT2D eigenvalue weighted by atomic mass is 10.2. The molecule has 0 amide bonds. The standard InChI is InChI=1S/C4HF7O/c5-1-2(6,7)3(8,9)4(10,11)12-1/h1H. The Kier molecular flexibility index (Phi) is 1.62. The molecule has 1 atom stereocenters. The lowest BCUT2D eigenvalue weighted by molar-refractivity contribution is -0.329. The van der Waals surface area contributed by atoms with Crippen LogP contribution < -0.4 is 0 Å². The highest BCUT2D eigenvalue weighted by atomic mass is 19.4. The van der Waals surface area contributed by atoms with Gasteiger partial charge in [-0.1, -0.05) is 0 Å². The minimum atomic E-state index is -5.81. The van der Waals surface area contributed by atoms with Gasteiger partial charge in [-0.15, -0.1) is 0 Å². The predicted molar refractivity (Wildman–Crippen MR) is 20.8 cm³/mol. The molecule has 1 aliphatic heterocycles. The Morgan fingerprint density at radius 1 is 0.917 bits per heavy atom. The summed E-state index contributed by atoms with van der Waals surface area (Å²) >= 11 is 0. The van der Waals surface area contributed by atoms with Crippen LogP contribution >= 0.6 is 0 Å². The maximum absolute atomic E-state index is 11.9. The van der Waals surface area contributed by atoms with Gasteiger partial charge in [0.1, 0.15) is 0 Å². The normalized spacial score (nSPS) is 36.8. The Morgan fingerprint density at radius 2 is 1.33 bits per heavy atom. The van der Waals surface area contributed by atoms with Crippen molar-refractivity contribution in [1.29, 1.82) is 0 Å². The molecule has 0 aliphatic carbocycles. The second-order valence-electron chi connectivity index (χ2n) is 2.15. The van der Waals surface area contributed by atoms with Crippen LogP contribution in [0.25, 0.3) is 0 Å². The van der Waals surface area contributed by atoms with E-state index >= 15 is 0 Å². The SMILES string of the molecule is FC1OC(F)(F)C(F)(F)C1(F)F. The Labute approximate surface area is 61.1 Å². The van der Waals surface area contributed by atoms with Crippen molar-refractivity contribution < 1.29 is 35.5 Å². The first-order chi connectivity index (χ1) is 5.13. The van der Waals surface area contributed by atoms with Gasteiger partial charge in [0.25, 0.3) is 6.36 Å². The largest absolute Gasteiger partial charge is 0.428 e. The fourth-order valence-corrected chi connectivity index (χ4v) is 0.615. The van der Waals surface area contributed by atoms with E-state index < -0.39 is 24.3 Å². The van der Waals surface area contributed by atoms with E-state index in [2.05, 4.69) is 4.74 Å². The van der Waals surface area contributed by atoms with Crippen molar-refractivity contribution in [3.8, 4) is 0 Å². The van der Waals surface area contributed by atoms with E-state index in [-0.39, 0.29) is 0 Å². The van der Waals surface area contributed by atoms with Crippen LogP contribution in [0.3, 0.4) is 0 Å². The summed E-state index contributed by atoms with van der Waals surface area (Å²) in [5.74, 6) is -11.3. The van der Waals surface area contributed by atoms with E-state index in [1.54, 1.807) is 0 Å². The predicted octanol–water partition coefficient (Wildman–Crippen LogP) is 2.18. The molecule has 0 bridgehead atoms. The van der Waals surface area contributed by atoms with Gasteiger partial charge >= 0.3 is 18.0 Å². The number of rotatable bonds is 0. The Bertz CT molecular complexity index is 200. The summed E-state index contributed by atoms with van der Waals surface area (Å²) in [5, 5.41) is 0. The van der Waals surface area contributed by atoms with E-state index in [0.29, 0.717) is 0 Å². The number of hydrogen-bond acceptors (Lipinski definition) is 1. The van der Waals surface area contributed by atoms with Gasteiger partial charge in [-0.3, -0.25) is 4.74 Å². The number of halogens is 7. The molecular formula is C4HF7O. The zero-order chi connectivity index (χ0) is 9.78. The first kappa shape index (κ1) is 9.56. The molecular weight excluding hydrogens is 197 g/mol. The molecule has 0 aromatic rings. The Hall–Kier alpha value is -0.530. The van der Waals surface area contributed by atoms with Gasteiger partial charge in [0, 0.05) is 0 Å². The third-order valence-corrected chi connectivity index (χ3v) is 1.32. The quantitative estimate of drug-likeness (QED) is 0.542. The molecule has 0 spiro atoms. The molecule has 1 fully saturated rings. The second kappa shape index (κ2) is 2.04. The van der Waals surface area contributed by atoms with Crippen molar-refractivity contribution in [3.63, 3.8) is 0 Å². The minimum absolute atomic E-state index is 2.48. The highest BCUT2D eigenvalue weighted by Gasteiger charge is 2.83. The van der Waals surface area contributed by atoms with Gasteiger partial charge in [0.2, 0.25) is 0 Å².